The Morgan fingerprint density at radius 3 is 2.53 bits per heavy atom. The highest BCUT2D eigenvalue weighted by molar-refractivity contribution is 7.15. The molecule has 0 saturated heterocycles. The number of nitrogens with zero attached hydrogens (tertiary/aromatic N) is 3. The molecule has 1 N–H and O–H groups in total. The quantitative estimate of drug-likeness (QED) is 0.846. The third-order valence-electron chi connectivity index (χ3n) is 3.23. The summed E-state index contributed by atoms with van der Waals surface area (Å²) in [7, 11) is 4.31. The van der Waals surface area contributed by atoms with Gasteiger partial charge in [0, 0.05) is 18.5 Å². The van der Waals surface area contributed by atoms with Gasteiger partial charge in [-0.2, -0.15) is 0 Å². The molecule has 1 aliphatic carbocycles. The van der Waals surface area contributed by atoms with Gasteiger partial charge in [-0.3, -0.25) is 0 Å². The average Bonchev–Trinajstić information content (AvgIpc) is 2.95. The molecule has 5 heteroatoms. The third kappa shape index (κ3) is 3.39. The van der Waals surface area contributed by atoms with Crippen LogP contribution >= 0.6 is 11.3 Å². The van der Waals surface area contributed by atoms with E-state index in [0.29, 0.717) is 12.0 Å². The Labute approximate surface area is 107 Å². The van der Waals surface area contributed by atoms with Crippen LogP contribution in [0, 0.1) is 5.92 Å². The van der Waals surface area contributed by atoms with Crippen LogP contribution in [0.4, 0.5) is 5.13 Å². The molecule has 0 radical (unpaired) electrons. The molecule has 1 aliphatic rings. The molecule has 1 atom stereocenters. The van der Waals surface area contributed by atoms with Crippen molar-refractivity contribution in [1.29, 1.82) is 0 Å². The van der Waals surface area contributed by atoms with Gasteiger partial charge in [0.05, 0.1) is 0 Å². The molecule has 4 nitrogen and oxygen atoms in total. The molecule has 1 fully saturated rings. The van der Waals surface area contributed by atoms with Gasteiger partial charge in [-0.15, -0.1) is 10.2 Å². The van der Waals surface area contributed by atoms with Crippen LogP contribution in [0.1, 0.15) is 37.6 Å². The number of hydrogen-bond donors (Lipinski definition) is 1. The van der Waals surface area contributed by atoms with Gasteiger partial charge in [0.15, 0.2) is 0 Å². The van der Waals surface area contributed by atoms with Crippen LogP contribution in [0.5, 0.6) is 0 Å². The molecule has 1 aromatic heterocycles. The van der Waals surface area contributed by atoms with Crippen molar-refractivity contribution >= 4 is 16.5 Å². The summed E-state index contributed by atoms with van der Waals surface area (Å²) in [4.78, 5) is 2.31. The second kappa shape index (κ2) is 5.31. The van der Waals surface area contributed by atoms with E-state index in [4.69, 9.17) is 0 Å². The summed E-state index contributed by atoms with van der Waals surface area (Å²) in [5, 5.41) is 13.9. The van der Waals surface area contributed by atoms with E-state index in [1.165, 1.54) is 12.8 Å². The van der Waals surface area contributed by atoms with E-state index in [9.17, 15) is 0 Å². The number of aromatic nitrogens is 2. The molecular formula is C12H22N4S. The molecule has 0 amide bonds. The van der Waals surface area contributed by atoms with Crippen molar-refractivity contribution < 1.29 is 0 Å². The molecule has 1 heterocycles. The fourth-order valence-electron chi connectivity index (χ4n) is 1.98. The molecule has 17 heavy (non-hydrogen) atoms. The molecule has 1 unspecified atom stereocenters. The second-order valence-corrected chi connectivity index (χ2v) is 6.36. The summed E-state index contributed by atoms with van der Waals surface area (Å²) in [6, 6.07) is 0.626. The fourth-order valence-corrected chi connectivity index (χ4v) is 2.74. The van der Waals surface area contributed by atoms with Crippen molar-refractivity contribution in [2.24, 2.45) is 5.92 Å². The van der Waals surface area contributed by atoms with Crippen LogP contribution < -0.4 is 5.32 Å². The normalized spacial score (nSPS) is 17.8. The topological polar surface area (TPSA) is 41.1 Å². The molecule has 0 aliphatic heterocycles. The predicted octanol–water partition coefficient (Wildman–Crippen LogP) is 2.41. The number of rotatable bonds is 6. The Bertz CT molecular complexity index is 355. The minimum absolute atomic E-state index is 0.469. The van der Waals surface area contributed by atoms with E-state index in [0.717, 1.165) is 22.6 Å². The second-order valence-electron chi connectivity index (χ2n) is 5.35. The molecule has 0 spiro atoms. The highest BCUT2D eigenvalue weighted by Crippen LogP contribution is 2.34. The first-order valence-corrected chi connectivity index (χ1v) is 7.13. The first kappa shape index (κ1) is 12.8. The lowest BCUT2D eigenvalue weighted by molar-refractivity contribution is 0.276. The van der Waals surface area contributed by atoms with E-state index < -0.39 is 0 Å². The van der Waals surface area contributed by atoms with Crippen molar-refractivity contribution in [3.8, 4) is 0 Å². The zero-order chi connectivity index (χ0) is 12.4. The summed E-state index contributed by atoms with van der Waals surface area (Å²) >= 11 is 1.67. The lowest BCUT2D eigenvalue weighted by atomic mass is 10.1. The average molecular weight is 254 g/mol. The lowest BCUT2D eigenvalue weighted by Gasteiger charge is -2.24. The molecule has 96 valence electrons. The number of anilines is 1. The van der Waals surface area contributed by atoms with Crippen molar-refractivity contribution in [1.82, 2.24) is 15.1 Å². The monoisotopic (exact) mass is 254 g/mol. The highest BCUT2D eigenvalue weighted by atomic mass is 32.1. The zero-order valence-corrected chi connectivity index (χ0v) is 11.9. The Kier molecular flexibility index (Phi) is 3.99. The van der Waals surface area contributed by atoms with Crippen LogP contribution in [-0.4, -0.2) is 41.8 Å². The van der Waals surface area contributed by atoms with Crippen LogP contribution in [0.25, 0.3) is 0 Å². The Morgan fingerprint density at radius 1 is 1.35 bits per heavy atom. The maximum absolute atomic E-state index is 4.19. The first-order valence-electron chi connectivity index (χ1n) is 6.31. The van der Waals surface area contributed by atoms with Crippen LogP contribution in [0.3, 0.4) is 0 Å². The van der Waals surface area contributed by atoms with Gasteiger partial charge in [0.25, 0.3) is 0 Å². The minimum atomic E-state index is 0.469. The van der Waals surface area contributed by atoms with E-state index in [-0.39, 0.29) is 0 Å². The van der Waals surface area contributed by atoms with E-state index >= 15 is 0 Å². The van der Waals surface area contributed by atoms with Gasteiger partial charge in [0.1, 0.15) is 5.01 Å². The van der Waals surface area contributed by atoms with Crippen LogP contribution in [0.2, 0.25) is 0 Å². The maximum Gasteiger partial charge on any atom is 0.205 e. The minimum Gasteiger partial charge on any atom is -0.358 e. The van der Waals surface area contributed by atoms with Gasteiger partial charge in [-0.05, 0) is 32.9 Å². The van der Waals surface area contributed by atoms with Crippen molar-refractivity contribution in [2.75, 3.05) is 26.0 Å². The number of nitrogens with one attached hydrogen (secondary N) is 1. The van der Waals surface area contributed by atoms with Crippen LogP contribution in [0.15, 0.2) is 0 Å². The zero-order valence-electron chi connectivity index (χ0n) is 11.1. The van der Waals surface area contributed by atoms with E-state index in [1.54, 1.807) is 11.3 Å². The van der Waals surface area contributed by atoms with Gasteiger partial charge < -0.3 is 10.2 Å². The smallest absolute Gasteiger partial charge is 0.205 e. The third-order valence-corrected chi connectivity index (χ3v) is 4.41. The van der Waals surface area contributed by atoms with Gasteiger partial charge in [0.2, 0.25) is 5.13 Å². The standard InChI is InChI=1S/C12H22N4S/c1-8(2)11-14-15-12(17-11)13-7-10(16(3)4)9-5-6-9/h8-10H,5-7H2,1-4H3,(H,13,15). The van der Waals surface area contributed by atoms with E-state index in [2.05, 4.69) is 48.4 Å². The van der Waals surface area contributed by atoms with Gasteiger partial charge >= 0.3 is 0 Å². The summed E-state index contributed by atoms with van der Waals surface area (Å²) in [5.74, 6) is 1.34. The van der Waals surface area contributed by atoms with Gasteiger partial charge in [-0.1, -0.05) is 25.2 Å². The summed E-state index contributed by atoms with van der Waals surface area (Å²) in [6.07, 6.45) is 2.75. The summed E-state index contributed by atoms with van der Waals surface area (Å²) in [5.41, 5.74) is 0. The Balaban J connectivity index is 1.87. The molecular weight excluding hydrogens is 232 g/mol. The SMILES string of the molecule is CC(C)c1nnc(NCC(C2CC2)N(C)C)s1. The molecule has 2 rings (SSSR count). The predicted molar refractivity (Wildman–Crippen MR) is 72.7 cm³/mol. The fraction of sp³-hybridized carbons (Fsp3) is 0.833. The van der Waals surface area contributed by atoms with Gasteiger partial charge in [-0.25, -0.2) is 0 Å². The van der Waals surface area contributed by atoms with Crippen LogP contribution in [-0.2, 0) is 0 Å². The lowest BCUT2D eigenvalue weighted by Crippen LogP contribution is -2.36. The van der Waals surface area contributed by atoms with Crippen molar-refractivity contribution in [2.45, 2.75) is 38.6 Å². The molecule has 1 aromatic rings. The van der Waals surface area contributed by atoms with Crippen molar-refractivity contribution in [3.63, 3.8) is 0 Å². The highest BCUT2D eigenvalue weighted by Gasteiger charge is 2.32. The molecule has 1 saturated carbocycles. The summed E-state index contributed by atoms with van der Waals surface area (Å²) in [6.45, 7) is 5.28. The molecule has 0 aromatic carbocycles. The largest absolute Gasteiger partial charge is 0.358 e. The Morgan fingerprint density at radius 2 is 2.06 bits per heavy atom. The molecule has 0 bridgehead atoms. The van der Waals surface area contributed by atoms with Crippen molar-refractivity contribution in [3.05, 3.63) is 5.01 Å². The number of hydrogen-bond acceptors (Lipinski definition) is 5. The maximum atomic E-state index is 4.19. The van der Waals surface area contributed by atoms with E-state index in [1.807, 2.05) is 0 Å². The Hall–Kier alpha value is -0.680. The first-order chi connectivity index (χ1) is 8.08. The number of likely N-dealkylation sites (N-methyl/N-ethyl adjacent to an activating group) is 1. The summed E-state index contributed by atoms with van der Waals surface area (Å²) < 4.78 is 0.